The number of thiophene rings is 1. The van der Waals surface area contributed by atoms with Gasteiger partial charge in [-0.3, -0.25) is 14.7 Å². The number of nitrogens with one attached hydrogen (secondary N) is 3. The second-order valence-corrected chi connectivity index (χ2v) is 8.54. The van der Waals surface area contributed by atoms with E-state index in [0.717, 1.165) is 51.5 Å². The van der Waals surface area contributed by atoms with Gasteiger partial charge in [-0.1, -0.05) is 6.07 Å². The molecule has 1 aromatic rings. The number of likely N-dealkylation sites (tertiary alicyclic amines) is 1. The number of carbonyl (C=O) groups excluding carboxylic acids is 1. The third kappa shape index (κ3) is 8.24. The fourth-order valence-corrected chi connectivity index (χ4v) is 4.11. The number of halogens is 1. The van der Waals surface area contributed by atoms with Gasteiger partial charge in [-0.05, 0) is 63.1 Å². The Morgan fingerprint density at radius 1 is 1.18 bits per heavy atom. The molecule has 3 rings (SSSR count). The van der Waals surface area contributed by atoms with Crippen molar-refractivity contribution in [3.05, 3.63) is 22.4 Å². The number of piperidine rings is 1. The summed E-state index contributed by atoms with van der Waals surface area (Å²) in [6.45, 7) is 8.57. The van der Waals surface area contributed by atoms with Gasteiger partial charge in [-0.15, -0.1) is 35.3 Å². The molecule has 0 unspecified atom stereocenters. The zero-order valence-corrected chi connectivity index (χ0v) is 19.9. The van der Waals surface area contributed by atoms with Gasteiger partial charge in [0.05, 0.1) is 0 Å². The molecule has 2 fully saturated rings. The smallest absolute Gasteiger partial charge is 0.223 e. The van der Waals surface area contributed by atoms with E-state index in [4.69, 9.17) is 4.99 Å². The molecule has 1 amide bonds. The normalized spacial score (nSPS) is 18.4. The maximum Gasteiger partial charge on any atom is 0.223 e. The fraction of sp³-hybridized carbons (Fsp3) is 0.700. The Bertz CT molecular complexity index is 598. The minimum absolute atomic E-state index is 0. The highest BCUT2D eigenvalue weighted by Gasteiger charge is 2.29. The van der Waals surface area contributed by atoms with Crippen molar-refractivity contribution >= 4 is 47.2 Å². The van der Waals surface area contributed by atoms with Crippen molar-refractivity contribution in [1.29, 1.82) is 0 Å². The molecule has 158 valence electrons. The molecule has 1 saturated heterocycles. The van der Waals surface area contributed by atoms with Crippen LogP contribution in [-0.4, -0.2) is 56.0 Å². The lowest BCUT2D eigenvalue weighted by molar-refractivity contribution is -0.122. The van der Waals surface area contributed by atoms with Crippen molar-refractivity contribution in [3.8, 4) is 0 Å². The van der Waals surface area contributed by atoms with Crippen LogP contribution in [-0.2, 0) is 11.3 Å². The van der Waals surface area contributed by atoms with Gasteiger partial charge in [-0.25, -0.2) is 0 Å². The van der Waals surface area contributed by atoms with Crippen molar-refractivity contribution in [2.24, 2.45) is 16.8 Å². The number of aliphatic imine (C=N–C) groups is 1. The zero-order valence-electron chi connectivity index (χ0n) is 16.8. The van der Waals surface area contributed by atoms with Crippen LogP contribution in [0.4, 0.5) is 0 Å². The zero-order chi connectivity index (χ0) is 18.9. The highest BCUT2D eigenvalue weighted by molar-refractivity contribution is 14.0. The van der Waals surface area contributed by atoms with Gasteiger partial charge in [0.25, 0.3) is 0 Å². The lowest BCUT2D eigenvalue weighted by Crippen LogP contribution is -2.42. The summed E-state index contributed by atoms with van der Waals surface area (Å²) in [5.74, 6) is 2.00. The molecule has 8 heteroatoms. The van der Waals surface area contributed by atoms with E-state index in [9.17, 15) is 4.79 Å². The van der Waals surface area contributed by atoms with Gasteiger partial charge in [0, 0.05) is 43.5 Å². The van der Waals surface area contributed by atoms with E-state index in [2.05, 4.69) is 45.3 Å². The molecule has 2 heterocycles. The molecule has 1 saturated carbocycles. The quantitative estimate of drug-likeness (QED) is 0.203. The number of rotatable bonds is 9. The molecule has 2 aliphatic rings. The number of guanidine groups is 1. The Balaban J connectivity index is 0.00000280. The Morgan fingerprint density at radius 2 is 1.93 bits per heavy atom. The summed E-state index contributed by atoms with van der Waals surface area (Å²) in [5, 5.41) is 11.8. The SMILES string of the molecule is CCNC(=NCC1CCN(Cc2cccs2)CC1)NCCNC(=O)C1CC1.I. The average Bonchev–Trinajstić information content (AvgIpc) is 3.42. The topological polar surface area (TPSA) is 68.8 Å². The van der Waals surface area contributed by atoms with E-state index >= 15 is 0 Å². The minimum Gasteiger partial charge on any atom is -0.357 e. The summed E-state index contributed by atoms with van der Waals surface area (Å²) in [7, 11) is 0. The Labute approximate surface area is 190 Å². The van der Waals surface area contributed by atoms with E-state index in [1.54, 1.807) is 0 Å². The van der Waals surface area contributed by atoms with Crippen molar-refractivity contribution in [2.45, 2.75) is 39.2 Å². The monoisotopic (exact) mass is 519 g/mol. The summed E-state index contributed by atoms with van der Waals surface area (Å²) in [6.07, 6.45) is 4.53. The van der Waals surface area contributed by atoms with E-state index in [1.807, 2.05) is 11.3 Å². The van der Waals surface area contributed by atoms with Crippen LogP contribution in [0.15, 0.2) is 22.5 Å². The van der Waals surface area contributed by atoms with Crippen LogP contribution in [0.25, 0.3) is 0 Å². The number of amides is 1. The molecule has 1 aromatic heterocycles. The predicted octanol–water partition coefficient (Wildman–Crippen LogP) is 2.66. The molecule has 0 radical (unpaired) electrons. The van der Waals surface area contributed by atoms with Gasteiger partial charge in [0.1, 0.15) is 0 Å². The Kier molecular flexibility index (Phi) is 10.6. The first kappa shape index (κ1) is 23.4. The van der Waals surface area contributed by atoms with Gasteiger partial charge >= 0.3 is 0 Å². The summed E-state index contributed by atoms with van der Waals surface area (Å²) in [4.78, 5) is 20.4. The van der Waals surface area contributed by atoms with Gasteiger partial charge in [0.15, 0.2) is 5.96 Å². The second-order valence-electron chi connectivity index (χ2n) is 7.51. The van der Waals surface area contributed by atoms with Crippen LogP contribution < -0.4 is 16.0 Å². The summed E-state index contributed by atoms with van der Waals surface area (Å²) in [6, 6.07) is 4.36. The van der Waals surface area contributed by atoms with E-state index < -0.39 is 0 Å². The Hall–Kier alpha value is -0.870. The number of nitrogens with zero attached hydrogens (tertiary/aromatic N) is 2. The molecule has 6 nitrogen and oxygen atoms in total. The van der Waals surface area contributed by atoms with Gasteiger partial charge in [-0.2, -0.15) is 0 Å². The Morgan fingerprint density at radius 3 is 2.57 bits per heavy atom. The maximum absolute atomic E-state index is 11.6. The molecule has 0 spiro atoms. The third-order valence-electron chi connectivity index (χ3n) is 5.18. The predicted molar refractivity (Wildman–Crippen MR) is 127 cm³/mol. The third-order valence-corrected chi connectivity index (χ3v) is 6.04. The van der Waals surface area contributed by atoms with Crippen LogP contribution in [0.1, 0.15) is 37.5 Å². The largest absolute Gasteiger partial charge is 0.357 e. The minimum atomic E-state index is 0. The van der Waals surface area contributed by atoms with E-state index in [0.29, 0.717) is 19.0 Å². The maximum atomic E-state index is 11.6. The first-order valence-corrected chi connectivity index (χ1v) is 11.2. The van der Waals surface area contributed by atoms with Crippen molar-refractivity contribution < 1.29 is 4.79 Å². The highest BCUT2D eigenvalue weighted by atomic mass is 127. The molecular formula is C20H34IN5OS. The second kappa shape index (κ2) is 12.6. The molecule has 28 heavy (non-hydrogen) atoms. The number of hydrogen-bond acceptors (Lipinski definition) is 4. The molecule has 0 atom stereocenters. The van der Waals surface area contributed by atoms with E-state index in [-0.39, 0.29) is 35.8 Å². The average molecular weight is 519 g/mol. The van der Waals surface area contributed by atoms with Crippen LogP contribution >= 0.6 is 35.3 Å². The van der Waals surface area contributed by atoms with Crippen molar-refractivity contribution in [1.82, 2.24) is 20.9 Å². The molecule has 3 N–H and O–H groups in total. The van der Waals surface area contributed by atoms with Gasteiger partial charge < -0.3 is 16.0 Å². The fourth-order valence-electron chi connectivity index (χ4n) is 3.37. The van der Waals surface area contributed by atoms with Crippen LogP contribution in [0.2, 0.25) is 0 Å². The molecule has 1 aliphatic carbocycles. The van der Waals surface area contributed by atoms with Crippen LogP contribution in [0, 0.1) is 11.8 Å². The lowest BCUT2D eigenvalue weighted by atomic mass is 9.97. The van der Waals surface area contributed by atoms with Crippen molar-refractivity contribution in [3.63, 3.8) is 0 Å². The van der Waals surface area contributed by atoms with Crippen molar-refractivity contribution in [2.75, 3.05) is 39.3 Å². The number of hydrogen-bond donors (Lipinski definition) is 3. The first-order chi connectivity index (χ1) is 13.2. The molecule has 1 aliphatic heterocycles. The summed E-state index contributed by atoms with van der Waals surface area (Å²) >= 11 is 1.85. The molecular weight excluding hydrogens is 485 g/mol. The van der Waals surface area contributed by atoms with Gasteiger partial charge in [0.2, 0.25) is 5.91 Å². The molecule has 0 aromatic carbocycles. The summed E-state index contributed by atoms with van der Waals surface area (Å²) < 4.78 is 0. The molecule has 0 bridgehead atoms. The summed E-state index contributed by atoms with van der Waals surface area (Å²) in [5.41, 5.74) is 0. The van der Waals surface area contributed by atoms with Crippen LogP contribution in [0.5, 0.6) is 0 Å². The van der Waals surface area contributed by atoms with E-state index in [1.165, 1.54) is 17.7 Å². The van der Waals surface area contributed by atoms with Crippen LogP contribution in [0.3, 0.4) is 0 Å². The lowest BCUT2D eigenvalue weighted by Gasteiger charge is -2.31. The highest BCUT2D eigenvalue weighted by Crippen LogP contribution is 2.28. The first-order valence-electron chi connectivity index (χ1n) is 10.3. The standard InChI is InChI=1S/C20H33N5OS.HI/c1-2-21-20(23-10-9-22-19(26)17-5-6-17)24-14-16-7-11-25(12-8-16)15-18-4-3-13-27-18;/h3-4,13,16-17H,2,5-12,14-15H2,1H3,(H,22,26)(H2,21,23,24);1H. The number of carbonyl (C=O) groups is 1.